The molecule has 7 nitrogen and oxygen atoms in total. The third kappa shape index (κ3) is 13.7. The molecule has 1 amide bonds. The summed E-state index contributed by atoms with van der Waals surface area (Å²) in [6, 6.07) is 0. The fraction of sp³-hybridized carbons (Fsp3) is 0.857. The smallest absolute Gasteiger partial charge is 0.222 e. The van der Waals surface area contributed by atoms with E-state index in [-0.39, 0.29) is 43.8 Å². The van der Waals surface area contributed by atoms with E-state index < -0.39 is 0 Å². The van der Waals surface area contributed by atoms with Gasteiger partial charge in [-0.25, -0.2) is 0 Å². The van der Waals surface area contributed by atoms with Crippen molar-refractivity contribution < 1.29 is 28.9 Å². The Morgan fingerprint density at radius 1 is 1.00 bits per heavy atom. The predicted molar refractivity (Wildman–Crippen MR) is 77.0 cm³/mol. The Labute approximate surface area is 125 Å². The Hall–Kier alpha value is -1.02. The van der Waals surface area contributed by atoms with E-state index in [1.165, 1.54) is 0 Å². The highest BCUT2D eigenvalue weighted by Crippen LogP contribution is 1.94. The number of amides is 1. The first-order chi connectivity index (χ1) is 10.1. The summed E-state index contributed by atoms with van der Waals surface area (Å²) in [6.07, 6.45) is 0.264. The largest absolute Gasteiger partial charge is 0.394 e. The van der Waals surface area contributed by atoms with Crippen molar-refractivity contribution in [2.75, 3.05) is 52.8 Å². The second-order valence-corrected chi connectivity index (χ2v) is 4.72. The van der Waals surface area contributed by atoms with Crippen LogP contribution in [0.4, 0.5) is 0 Å². The molecule has 0 aliphatic heterocycles. The molecule has 0 aromatic heterocycles. The van der Waals surface area contributed by atoms with Gasteiger partial charge in [-0.3, -0.25) is 9.59 Å². The lowest BCUT2D eigenvalue weighted by Gasteiger charge is -2.08. The second-order valence-electron chi connectivity index (χ2n) is 4.72. The average Bonchev–Trinajstić information content (AvgIpc) is 2.46. The molecule has 2 N–H and O–H groups in total. The molecule has 0 bridgehead atoms. The molecule has 0 unspecified atom stereocenters. The van der Waals surface area contributed by atoms with Gasteiger partial charge in [-0.2, -0.15) is 0 Å². The van der Waals surface area contributed by atoms with Crippen molar-refractivity contribution in [3.8, 4) is 0 Å². The number of nitrogens with one attached hydrogen (secondary N) is 1. The molecule has 0 saturated carbocycles. The van der Waals surface area contributed by atoms with Gasteiger partial charge in [0.15, 0.2) is 5.78 Å². The zero-order chi connectivity index (χ0) is 15.9. The molecule has 0 heterocycles. The highest BCUT2D eigenvalue weighted by atomic mass is 16.5. The van der Waals surface area contributed by atoms with E-state index in [9.17, 15) is 9.59 Å². The van der Waals surface area contributed by atoms with E-state index in [0.717, 1.165) is 0 Å². The summed E-state index contributed by atoms with van der Waals surface area (Å²) in [6.45, 7) is 5.85. The number of carbonyl (C=O) groups is 2. The van der Waals surface area contributed by atoms with E-state index in [0.29, 0.717) is 33.0 Å². The molecule has 0 aromatic rings. The Morgan fingerprint density at radius 3 is 2.33 bits per heavy atom. The number of Topliss-reactive ketones (excluding diaryl/α,β-unsaturated/α-hetero) is 1. The normalized spacial score (nSPS) is 10.9. The van der Waals surface area contributed by atoms with E-state index in [1.807, 2.05) is 13.8 Å². The molecule has 0 aromatic carbocycles. The third-order valence-corrected chi connectivity index (χ3v) is 2.54. The number of ether oxygens (including phenoxy) is 3. The monoisotopic (exact) mass is 305 g/mol. The van der Waals surface area contributed by atoms with E-state index in [4.69, 9.17) is 19.3 Å². The topological polar surface area (TPSA) is 94.1 Å². The number of hydrogen-bond acceptors (Lipinski definition) is 6. The number of aliphatic hydroxyl groups is 1. The minimum absolute atomic E-state index is 0.0116. The number of aliphatic hydroxyl groups excluding tert-OH is 1. The maximum atomic E-state index is 11.3. The minimum Gasteiger partial charge on any atom is -0.394 e. The van der Waals surface area contributed by atoms with Gasteiger partial charge in [-0.05, 0) is 0 Å². The van der Waals surface area contributed by atoms with E-state index in [2.05, 4.69) is 5.32 Å². The quantitative estimate of drug-likeness (QED) is 0.430. The number of rotatable bonds is 14. The molecule has 0 atom stereocenters. The Balaban J connectivity index is 3.25. The third-order valence-electron chi connectivity index (χ3n) is 2.54. The lowest BCUT2D eigenvalue weighted by atomic mass is 10.1. The van der Waals surface area contributed by atoms with Gasteiger partial charge in [0.2, 0.25) is 5.91 Å². The summed E-state index contributed by atoms with van der Waals surface area (Å²) < 4.78 is 15.4. The molecule has 21 heavy (non-hydrogen) atoms. The maximum Gasteiger partial charge on any atom is 0.222 e. The van der Waals surface area contributed by atoms with Gasteiger partial charge in [0, 0.05) is 18.9 Å². The Bertz CT molecular complexity index is 283. The zero-order valence-electron chi connectivity index (χ0n) is 12.9. The molecule has 0 aliphatic rings. The first kappa shape index (κ1) is 20.0. The van der Waals surface area contributed by atoms with Gasteiger partial charge in [0.05, 0.1) is 39.6 Å². The molecular weight excluding hydrogens is 278 g/mol. The Kier molecular flexibility index (Phi) is 13.3. The molecular formula is C14H27NO6. The number of hydrogen-bond donors (Lipinski definition) is 2. The van der Waals surface area contributed by atoms with Crippen molar-refractivity contribution in [2.45, 2.75) is 20.3 Å². The molecule has 124 valence electrons. The molecule has 0 saturated heterocycles. The van der Waals surface area contributed by atoms with Gasteiger partial charge in [0.1, 0.15) is 6.61 Å². The molecule has 0 rings (SSSR count). The van der Waals surface area contributed by atoms with E-state index in [1.54, 1.807) is 0 Å². The van der Waals surface area contributed by atoms with Crippen molar-refractivity contribution in [3.63, 3.8) is 0 Å². The van der Waals surface area contributed by atoms with Gasteiger partial charge >= 0.3 is 0 Å². The van der Waals surface area contributed by atoms with Crippen molar-refractivity contribution in [1.29, 1.82) is 0 Å². The fourth-order valence-electron chi connectivity index (χ4n) is 1.24. The van der Waals surface area contributed by atoms with Crippen LogP contribution < -0.4 is 5.32 Å². The van der Waals surface area contributed by atoms with Crippen LogP contribution in [-0.2, 0) is 23.8 Å². The summed E-state index contributed by atoms with van der Waals surface area (Å²) in [4.78, 5) is 22.6. The number of carbonyl (C=O) groups excluding carboxylic acids is 2. The summed E-state index contributed by atoms with van der Waals surface area (Å²) in [5.41, 5.74) is 0. The van der Waals surface area contributed by atoms with Crippen LogP contribution in [0.25, 0.3) is 0 Å². The highest BCUT2D eigenvalue weighted by Gasteiger charge is 2.06. The van der Waals surface area contributed by atoms with Gasteiger partial charge in [-0.1, -0.05) is 13.8 Å². The minimum atomic E-state index is -0.115. The van der Waals surface area contributed by atoms with Crippen LogP contribution in [0.15, 0.2) is 0 Å². The average molecular weight is 305 g/mol. The standard InChI is InChI=1S/C14H27NO6/c1-12(2)13(17)11-21-10-9-20-7-4-15-14(18)3-6-19-8-5-16/h12,16H,3-11H2,1-2H3,(H,15,18). The summed E-state index contributed by atoms with van der Waals surface area (Å²) in [5, 5.41) is 11.2. The molecule has 0 spiro atoms. The van der Waals surface area contributed by atoms with Crippen molar-refractivity contribution >= 4 is 11.7 Å². The van der Waals surface area contributed by atoms with Crippen LogP contribution in [0.5, 0.6) is 0 Å². The van der Waals surface area contributed by atoms with Gasteiger partial charge in [-0.15, -0.1) is 0 Å². The first-order valence-electron chi connectivity index (χ1n) is 7.21. The summed E-state index contributed by atoms with van der Waals surface area (Å²) in [5.74, 6) is -0.0523. The van der Waals surface area contributed by atoms with Crippen LogP contribution in [-0.4, -0.2) is 69.6 Å². The van der Waals surface area contributed by atoms with Crippen molar-refractivity contribution in [1.82, 2.24) is 5.32 Å². The van der Waals surface area contributed by atoms with Crippen LogP contribution >= 0.6 is 0 Å². The van der Waals surface area contributed by atoms with E-state index >= 15 is 0 Å². The van der Waals surface area contributed by atoms with Crippen LogP contribution in [0, 0.1) is 5.92 Å². The van der Waals surface area contributed by atoms with Gasteiger partial charge in [0.25, 0.3) is 0 Å². The maximum absolute atomic E-state index is 11.3. The van der Waals surface area contributed by atoms with Crippen LogP contribution in [0.2, 0.25) is 0 Å². The predicted octanol–water partition coefficient (Wildman–Crippen LogP) is -0.240. The number of ketones is 1. The second kappa shape index (κ2) is 13.9. The Morgan fingerprint density at radius 2 is 1.67 bits per heavy atom. The van der Waals surface area contributed by atoms with Gasteiger partial charge < -0.3 is 24.6 Å². The summed E-state index contributed by atoms with van der Waals surface area (Å²) >= 11 is 0. The molecule has 7 heteroatoms. The summed E-state index contributed by atoms with van der Waals surface area (Å²) in [7, 11) is 0. The first-order valence-corrected chi connectivity index (χ1v) is 7.21. The van der Waals surface area contributed by atoms with Crippen LogP contribution in [0.1, 0.15) is 20.3 Å². The fourth-order valence-corrected chi connectivity index (χ4v) is 1.24. The SMILES string of the molecule is CC(C)C(=O)COCCOCCNC(=O)CCOCCO. The van der Waals surface area contributed by atoms with Crippen molar-refractivity contribution in [2.24, 2.45) is 5.92 Å². The zero-order valence-corrected chi connectivity index (χ0v) is 12.9. The molecule has 0 radical (unpaired) electrons. The lowest BCUT2D eigenvalue weighted by molar-refractivity contribution is -0.127. The van der Waals surface area contributed by atoms with Crippen LogP contribution in [0.3, 0.4) is 0 Å². The molecule has 0 fully saturated rings. The van der Waals surface area contributed by atoms with Crippen molar-refractivity contribution in [3.05, 3.63) is 0 Å². The highest BCUT2D eigenvalue weighted by molar-refractivity contribution is 5.81. The molecule has 0 aliphatic carbocycles. The lowest BCUT2D eigenvalue weighted by Crippen LogP contribution is -2.28.